The maximum Gasteiger partial charge on any atom is 0.0658 e. The van der Waals surface area contributed by atoms with Gasteiger partial charge in [-0.1, -0.05) is 20.8 Å². The van der Waals surface area contributed by atoms with Crippen LogP contribution < -0.4 is 0 Å². The SMILES string of the molecule is CC(C)[C@@H]1C[C@H]2C[C@@H](C#N)[C@H]1C[C@@H]2C. The van der Waals surface area contributed by atoms with E-state index in [1.807, 2.05) is 0 Å². The first kappa shape index (κ1) is 10.0. The zero-order valence-corrected chi connectivity index (χ0v) is 9.53. The van der Waals surface area contributed by atoms with Crippen LogP contribution in [0.3, 0.4) is 0 Å². The predicted octanol–water partition coefficient (Wildman–Crippen LogP) is 3.46. The van der Waals surface area contributed by atoms with Crippen molar-refractivity contribution >= 4 is 0 Å². The lowest BCUT2D eigenvalue weighted by Gasteiger charge is -2.50. The van der Waals surface area contributed by atoms with Gasteiger partial charge in [-0.2, -0.15) is 5.26 Å². The van der Waals surface area contributed by atoms with Crippen LogP contribution in [0.4, 0.5) is 0 Å². The molecule has 0 unspecified atom stereocenters. The second kappa shape index (κ2) is 3.57. The molecule has 3 aliphatic carbocycles. The Bertz CT molecular complexity index is 250. The number of fused-ring (bicyclic) bond motifs is 3. The van der Waals surface area contributed by atoms with E-state index in [2.05, 4.69) is 26.8 Å². The summed E-state index contributed by atoms with van der Waals surface area (Å²) in [5.41, 5.74) is 0. The summed E-state index contributed by atoms with van der Waals surface area (Å²) >= 11 is 0. The van der Waals surface area contributed by atoms with Crippen molar-refractivity contribution in [3.8, 4) is 6.07 Å². The van der Waals surface area contributed by atoms with Crippen molar-refractivity contribution in [1.82, 2.24) is 0 Å². The molecule has 3 rings (SSSR count). The van der Waals surface area contributed by atoms with Gasteiger partial charge in [0.2, 0.25) is 0 Å². The topological polar surface area (TPSA) is 23.8 Å². The Morgan fingerprint density at radius 2 is 1.93 bits per heavy atom. The van der Waals surface area contributed by atoms with E-state index >= 15 is 0 Å². The highest BCUT2D eigenvalue weighted by Crippen LogP contribution is 2.52. The van der Waals surface area contributed by atoms with E-state index in [0.717, 1.165) is 23.7 Å². The highest BCUT2D eigenvalue weighted by molar-refractivity contribution is 5.02. The van der Waals surface area contributed by atoms with E-state index in [0.29, 0.717) is 11.8 Å². The molecule has 1 nitrogen and oxygen atoms in total. The minimum atomic E-state index is 0.373. The van der Waals surface area contributed by atoms with Gasteiger partial charge in [-0.3, -0.25) is 0 Å². The first-order valence-corrected chi connectivity index (χ1v) is 6.03. The maximum absolute atomic E-state index is 9.15. The molecule has 0 radical (unpaired) electrons. The zero-order chi connectivity index (χ0) is 10.3. The average Bonchev–Trinajstić information content (AvgIpc) is 2.17. The largest absolute Gasteiger partial charge is 0.198 e. The van der Waals surface area contributed by atoms with Gasteiger partial charge in [0.15, 0.2) is 0 Å². The molecule has 0 aromatic rings. The third-order valence-corrected chi connectivity index (χ3v) is 4.67. The molecule has 78 valence electrons. The van der Waals surface area contributed by atoms with Crippen LogP contribution in [-0.2, 0) is 0 Å². The Balaban J connectivity index is 2.17. The van der Waals surface area contributed by atoms with Crippen molar-refractivity contribution in [1.29, 1.82) is 5.26 Å². The van der Waals surface area contributed by atoms with Gasteiger partial charge in [0, 0.05) is 5.92 Å². The molecule has 14 heavy (non-hydrogen) atoms. The molecule has 0 aromatic carbocycles. The van der Waals surface area contributed by atoms with E-state index in [1.54, 1.807) is 0 Å². The van der Waals surface area contributed by atoms with E-state index < -0.39 is 0 Å². The fourth-order valence-electron chi connectivity index (χ4n) is 3.76. The van der Waals surface area contributed by atoms with E-state index in [-0.39, 0.29) is 0 Å². The first-order chi connectivity index (χ1) is 6.63. The summed E-state index contributed by atoms with van der Waals surface area (Å²) in [6.45, 7) is 7.02. The molecule has 0 saturated heterocycles. The van der Waals surface area contributed by atoms with E-state index in [9.17, 15) is 0 Å². The standard InChI is InChI=1S/C13H21N/c1-8(2)12-6-10-5-11(7-14)13(12)4-9(10)3/h8-13H,4-6H2,1-3H3/t9-,10+,11-,12-,13+/m0/s1. The van der Waals surface area contributed by atoms with Gasteiger partial charge in [-0.25, -0.2) is 0 Å². The fourth-order valence-corrected chi connectivity index (χ4v) is 3.76. The quantitative estimate of drug-likeness (QED) is 0.622. The van der Waals surface area contributed by atoms with Gasteiger partial charge < -0.3 is 0 Å². The minimum Gasteiger partial charge on any atom is -0.198 e. The molecule has 0 aromatic heterocycles. The molecule has 3 fully saturated rings. The Morgan fingerprint density at radius 1 is 1.21 bits per heavy atom. The van der Waals surface area contributed by atoms with E-state index in [4.69, 9.17) is 5.26 Å². The van der Waals surface area contributed by atoms with Gasteiger partial charge in [0.05, 0.1) is 6.07 Å². The summed E-state index contributed by atoms with van der Waals surface area (Å²) in [6.07, 6.45) is 3.89. The average molecular weight is 191 g/mol. The number of hydrogen-bond acceptors (Lipinski definition) is 1. The van der Waals surface area contributed by atoms with Crippen molar-refractivity contribution in [3.05, 3.63) is 0 Å². The molecule has 3 saturated carbocycles. The van der Waals surface area contributed by atoms with Crippen molar-refractivity contribution in [2.24, 2.45) is 35.5 Å². The Hall–Kier alpha value is -0.510. The molecule has 1 heteroatoms. The van der Waals surface area contributed by atoms with Gasteiger partial charge in [-0.05, 0) is 48.9 Å². The minimum absolute atomic E-state index is 0.373. The number of nitrogens with zero attached hydrogens (tertiary/aromatic N) is 1. The highest BCUT2D eigenvalue weighted by atomic mass is 14.5. The van der Waals surface area contributed by atoms with Crippen LogP contribution in [0, 0.1) is 46.8 Å². The molecular formula is C13H21N. The van der Waals surface area contributed by atoms with Gasteiger partial charge in [0.1, 0.15) is 0 Å². The Labute approximate surface area is 87.5 Å². The van der Waals surface area contributed by atoms with Crippen LogP contribution in [0.5, 0.6) is 0 Å². The summed E-state index contributed by atoms with van der Waals surface area (Å²) in [5.74, 6) is 4.40. The second-order valence-electron chi connectivity index (χ2n) is 5.75. The summed E-state index contributed by atoms with van der Waals surface area (Å²) in [4.78, 5) is 0. The summed E-state index contributed by atoms with van der Waals surface area (Å²) in [6, 6.07) is 2.54. The highest BCUT2D eigenvalue weighted by Gasteiger charge is 2.46. The molecular weight excluding hydrogens is 170 g/mol. The van der Waals surface area contributed by atoms with Crippen molar-refractivity contribution in [2.45, 2.75) is 40.0 Å². The Morgan fingerprint density at radius 3 is 2.43 bits per heavy atom. The Kier molecular flexibility index (Phi) is 2.56. The first-order valence-electron chi connectivity index (χ1n) is 6.03. The van der Waals surface area contributed by atoms with Gasteiger partial charge in [0.25, 0.3) is 0 Å². The lowest BCUT2D eigenvalue weighted by molar-refractivity contribution is -0.00274. The number of nitriles is 1. The zero-order valence-electron chi connectivity index (χ0n) is 9.53. The van der Waals surface area contributed by atoms with Crippen molar-refractivity contribution < 1.29 is 0 Å². The lowest BCUT2D eigenvalue weighted by atomic mass is 9.54. The second-order valence-corrected chi connectivity index (χ2v) is 5.75. The van der Waals surface area contributed by atoms with Crippen LogP contribution in [0.15, 0.2) is 0 Å². The van der Waals surface area contributed by atoms with Crippen LogP contribution in [0.25, 0.3) is 0 Å². The molecule has 0 heterocycles. The fraction of sp³-hybridized carbons (Fsp3) is 0.923. The molecule has 0 N–H and O–H groups in total. The van der Waals surface area contributed by atoms with Crippen molar-refractivity contribution in [2.75, 3.05) is 0 Å². The van der Waals surface area contributed by atoms with Crippen LogP contribution in [0.2, 0.25) is 0 Å². The summed E-state index contributed by atoms with van der Waals surface area (Å²) < 4.78 is 0. The van der Waals surface area contributed by atoms with E-state index in [1.165, 1.54) is 19.3 Å². The predicted molar refractivity (Wildman–Crippen MR) is 57.4 cm³/mol. The summed E-state index contributed by atoms with van der Waals surface area (Å²) in [7, 11) is 0. The molecule has 0 amide bonds. The summed E-state index contributed by atoms with van der Waals surface area (Å²) in [5, 5.41) is 9.15. The monoisotopic (exact) mass is 191 g/mol. The maximum atomic E-state index is 9.15. The van der Waals surface area contributed by atoms with Crippen LogP contribution >= 0.6 is 0 Å². The molecule has 3 aliphatic rings. The van der Waals surface area contributed by atoms with Gasteiger partial charge >= 0.3 is 0 Å². The molecule has 0 aliphatic heterocycles. The number of rotatable bonds is 1. The van der Waals surface area contributed by atoms with Crippen LogP contribution in [-0.4, -0.2) is 0 Å². The van der Waals surface area contributed by atoms with Crippen LogP contribution in [0.1, 0.15) is 40.0 Å². The normalized spacial score (nSPS) is 46.6. The lowest BCUT2D eigenvalue weighted by Crippen LogP contribution is -2.43. The third-order valence-electron chi connectivity index (χ3n) is 4.67. The van der Waals surface area contributed by atoms with Gasteiger partial charge in [-0.15, -0.1) is 0 Å². The third kappa shape index (κ3) is 1.45. The molecule has 2 bridgehead atoms. The van der Waals surface area contributed by atoms with Crippen molar-refractivity contribution in [3.63, 3.8) is 0 Å². The molecule has 5 atom stereocenters. The molecule has 0 spiro atoms. The number of hydrogen-bond donors (Lipinski definition) is 0. The smallest absolute Gasteiger partial charge is 0.0658 e.